The zero-order valence-corrected chi connectivity index (χ0v) is 13.5. The van der Waals surface area contributed by atoms with E-state index in [4.69, 9.17) is 0 Å². The van der Waals surface area contributed by atoms with Crippen molar-refractivity contribution in [3.05, 3.63) is 54.1 Å². The first kappa shape index (κ1) is 14.1. The van der Waals surface area contributed by atoms with Gasteiger partial charge in [-0.15, -0.1) is 0 Å². The van der Waals surface area contributed by atoms with Gasteiger partial charge in [0.2, 0.25) is 0 Å². The van der Waals surface area contributed by atoms with Gasteiger partial charge in [-0.2, -0.15) is 0 Å². The summed E-state index contributed by atoms with van der Waals surface area (Å²) in [4.78, 5) is 14.8. The molecule has 4 nitrogen and oxygen atoms in total. The molecule has 0 spiro atoms. The SMILES string of the molecule is O=C1C=C(c2cccc3ccccc23)NC2NC3CCCCC3N12. The van der Waals surface area contributed by atoms with Crippen molar-refractivity contribution < 1.29 is 4.79 Å². The van der Waals surface area contributed by atoms with Crippen molar-refractivity contribution in [2.75, 3.05) is 0 Å². The van der Waals surface area contributed by atoms with E-state index in [1.165, 1.54) is 23.6 Å². The summed E-state index contributed by atoms with van der Waals surface area (Å²) in [5, 5.41) is 9.56. The van der Waals surface area contributed by atoms with Gasteiger partial charge in [0, 0.05) is 17.7 Å². The molecule has 1 amide bonds. The standard InChI is InChI=1S/C20H21N3O/c24-19-12-17(15-9-5-7-13-6-1-2-8-14(13)15)22-20-21-16-10-3-4-11-18(16)23(19)20/h1-2,5-9,12,16,18,20-22H,3-4,10-11H2. The summed E-state index contributed by atoms with van der Waals surface area (Å²) in [5.41, 5.74) is 2.02. The number of rotatable bonds is 1. The van der Waals surface area contributed by atoms with Crippen LogP contribution in [0, 0.1) is 0 Å². The molecule has 3 atom stereocenters. The summed E-state index contributed by atoms with van der Waals surface area (Å²) >= 11 is 0. The monoisotopic (exact) mass is 319 g/mol. The molecule has 122 valence electrons. The molecule has 0 radical (unpaired) electrons. The zero-order valence-electron chi connectivity index (χ0n) is 13.5. The molecule has 2 fully saturated rings. The normalized spacial score (nSPS) is 29.0. The highest BCUT2D eigenvalue weighted by Crippen LogP contribution is 2.33. The van der Waals surface area contributed by atoms with Crippen LogP contribution < -0.4 is 10.6 Å². The molecule has 0 bridgehead atoms. The summed E-state index contributed by atoms with van der Waals surface area (Å²) in [6.07, 6.45) is 6.45. The molecule has 0 aromatic heterocycles. The Morgan fingerprint density at radius 3 is 2.79 bits per heavy atom. The van der Waals surface area contributed by atoms with Gasteiger partial charge in [-0.05, 0) is 23.6 Å². The lowest BCUT2D eigenvalue weighted by molar-refractivity contribution is -0.130. The lowest BCUT2D eigenvalue weighted by Gasteiger charge is -2.35. The van der Waals surface area contributed by atoms with E-state index in [-0.39, 0.29) is 12.2 Å². The minimum Gasteiger partial charge on any atom is -0.352 e. The van der Waals surface area contributed by atoms with Gasteiger partial charge in [0.1, 0.15) is 0 Å². The van der Waals surface area contributed by atoms with Crippen LogP contribution in [0.1, 0.15) is 31.2 Å². The molecule has 2 aromatic rings. The molecule has 2 aliphatic heterocycles. The van der Waals surface area contributed by atoms with Crippen molar-refractivity contribution in [1.82, 2.24) is 15.5 Å². The van der Waals surface area contributed by atoms with Crippen LogP contribution in [0.4, 0.5) is 0 Å². The summed E-state index contributed by atoms with van der Waals surface area (Å²) in [6, 6.07) is 15.3. The Balaban J connectivity index is 1.54. The van der Waals surface area contributed by atoms with Gasteiger partial charge < -0.3 is 10.2 Å². The van der Waals surface area contributed by atoms with E-state index >= 15 is 0 Å². The van der Waals surface area contributed by atoms with E-state index in [2.05, 4.69) is 41.0 Å². The molecule has 3 unspecified atom stereocenters. The van der Waals surface area contributed by atoms with E-state index in [1.807, 2.05) is 17.0 Å². The highest BCUT2D eigenvalue weighted by Gasteiger charge is 2.45. The van der Waals surface area contributed by atoms with Gasteiger partial charge in [-0.25, -0.2) is 0 Å². The van der Waals surface area contributed by atoms with Gasteiger partial charge in [0.15, 0.2) is 6.29 Å². The highest BCUT2D eigenvalue weighted by atomic mass is 16.2. The molecule has 2 aromatic carbocycles. The number of hydrogen-bond acceptors (Lipinski definition) is 3. The highest BCUT2D eigenvalue weighted by molar-refractivity contribution is 6.02. The van der Waals surface area contributed by atoms with Crippen LogP contribution in [0.25, 0.3) is 16.5 Å². The molecule has 1 saturated carbocycles. The van der Waals surface area contributed by atoms with Gasteiger partial charge in [0.25, 0.3) is 5.91 Å². The van der Waals surface area contributed by atoms with E-state index in [1.54, 1.807) is 6.08 Å². The van der Waals surface area contributed by atoms with Gasteiger partial charge >= 0.3 is 0 Å². The van der Waals surface area contributed by atoms with Crippen molar-refractivity contribution in [3.63, 3.8) is 0 Å². The second kappa shape index (κ2) is 5.35. The summed E-state index contributed by atoms with van der Waals surface area (Å²) < 4.78 is 0. The number of amides is 1. The maximum atomic E-state index is 12.8. The largest absolute Gasteiger partial charge is 0.352 e. The second-order valence-corrected chi connectivity index (χ2v) is 7.00. The van der Waals surface area contributed by atoms with Crippen molar-refractivity contribution in [3.8, 4) is 0 Å². The van der Waals surface area contributed by atoms with Gasteiger partial charge in [-0.1, -0.05) is 55.3 Å². The van der Waals surface area contributed by atoms with E-state index in [9.17, 15) is 4.79 Å². The molecule has 4 heteroatoms. The fraction of sp³-hybridized carbons (Fsp3) is 0.350. The fourth-order valence-electron chi connectivity index (χ4n) is 4.52. The molecule has 3 aliphatic rings. The minimum absolute atomic E-state index is 0.0791. The molecule has 5 rings (SSSR count). The Bertz CT molecular complexity index is 838. The van der Waals surface area contributed by atoms with Crippen LogP contribution in [0.2, 0.25) is 0 Å². The summed E-state index contributed by atoms with van der Waals surface area (Å²) in [6.45, 7) is 0. The van der Waals surface area contributed by atoms with Crippen LogP contribution >= 0.6 is 0 Å². The lowest BCUT2D eigenvalue weighted by atomic mass is 9.91. The maximum Gasteiger partial charge on any atom is 0.251 e. The third-order valence-electron chi connectivity index (χ3n) is 5.63. The second-order valence-electron chi connectivity index (χ2n) is 7.00. The Labute approximate surface area is 141 Å². The van der Waals surface area contributed by atoms with Crippen molar-refractivity contribution in [2.24, 2.45) is 0 Å². The van der Waals surface area contributed by atoms with Crippen molar-refractivity contribution in [1.29, 1.82) is 0 Å². The number of carbonyl (C=O) groups excluding carboxylic acids is 1. The third kappa shape index (κ3) is 2.06. The molecule has 24 heavy (non-hydrogen) atoms. The summed E-state index contributed by atoms with van der Waals surface area (Å²) in [5.74, 6) is 0.128. The first-order valence-electron chi connectivity index (χ1n) is 8.86. The number of carbonyl (C=O) groups is 1. The number of nitrogens with one attached hydrogen (secondary N) is 2. The topological polar surface area (TPSA) is 44.4 Å². The number of fused-ring (bicyclic) bond motifs is 4. The van der Waals surface area contributed by atoms with E-state index in [0.29, 0.717) is 12.1 Å². The predicted octanol–water partition coefficient (Wildman–Crippen LogP) is 2.81. The molecule has 1 saturated heterocycles. The number of benzene rings is 2. The predicted molar refractivity (Wildman–Crippen MR) is 94.9 cm³/mol. The Morgan fingerprint density at radius 2 is 1.83 bits per heavy atom. The third-order valence-corrected chi connectivity index (χ3v) is 5.63. The lowest BCUT2D eigenvalue weighted by Crippen LogP contribution is -2.53. The van der Waals surface area contributed by atoms with Crippen LogP contribution in [-0.2, 0) is 4.79 Å². The molecule has 2 heterocycles. The van der Waals surface area contributed by atoms with E-state index in [0.717, 1.165) is 24.1 Å². The average molecular weight is 319 g/mol. The maximum absolute atomic E-state index is 12.8. The Hall–Kier alpha value is -2.33. The zero-order chi connectivity index (χ0) is 16.1. The average Bonchev–Trinajstić information content (AvgIpc) is 3.00. The van der Waals surface area contributed by atoms with Gasteiger partial charge in [0.05, 0.1) is 11.7 Å². The van der Waals surface area contributed by atoms with Crippen LogP contribution in [0.5, 0.6) is 0 Å². The molecule has 2 N–H and O–H groups in total. The molecular weight excluding hydrogens is 298 g/mol. The molecule has 1 aliphatic carbocycles. The Kier molecular flexibility index (Phi) is 3.13. The summed E-state index contributed by atoms with van der Waals surface area (Å²) in [7, 11) is 0. The van der Waals surface area contributed by atoms with Crippen LogP contribution in [0.3, 0.4) is 0 Å². The Morgan fingerprint density at radius 1 is 1.00 bits per heavy atom. The first-order chi connectivity index (χ1) is 11.8. The van der Waals surface area contributed by atoms with Crippen molar-refractivity contribution >= 4 is 22.4 Å². The quantitative estimate of drug-likeness (QED) is 0.849. The smallest absolute Gasteiger partial charge is 0.251 e. The number of nitrogens with zero attached hydrogens (tertiary/aromatic N) is 1. The van der Waals surface area contributed by atoms with Crippen molar-refractivity contribution in [2.45, 2.75) is 44.1 Å². The van der Waals surface area contributed by atoms with Gasteiger partial charge in [-0.3, -0.25) is 10.1 Å². The fourth-order valence-corrected chi connectivity index (χ4v) is 4.52. The first-order valence-corrected chi connectivity index (χ1v) is 8.86. The van der Waals surface area contributed by atoms with E-state index < -0.39 is 0 Å². The molecular formula is C20H21N3O. The minimum atomic E-state index is -0.0791. The van der Waals surface area contributed by atoms with Crippen LogP contribution in [-0.4, -0.2) is 29.2 Å². The number of hydrogen-bond donors (Lipinski definition) is 2. The van der Waals surface area contributed by atoms with Crippen LogP contribution in [0.15, 0.2) is 48.5 Å².